The molecule has 132 valence electrons. The summed E-state index contributed by atoms with van der Waals surface area (Å²) in [5.41, 5.74) is 1.22. The Morgan fingerprint density at radius 2 is 1.72 bits per heavy atom. The van der Waals surface area contributed by atoms with Gasteiger partial charge in [0.2, 0.25) is 0 Å². The van der Waals surface area contributed by atoms with Gasteiger partial charge in [-0.25, -0.2) is 4.39 Å². The summed E-state index contributed by atoms with van der Waals surface area (Å²) in [5, 5.41) is 0.164. The third-order valence-corrected chi connectivity index (χ3v) is 5.09. The molecule has 2 atom stereocenters. The zero-order chi connectivity index (χ0) is 18.0. The molecule has 25 heavy (non-hydrogen) atoms. The number of piperazine rings is 1. The van der Waals surface area contributed by atoms with Crippen LogP contribution in [0.2, 0.25) is 5.02 Å². The van der Waals surface area contributed by atoms with Crippen molar-refractivity contribution >= 4 is 17.5 Å². The fraction of sp³-hybridized carbons (Fsp3) is 0.350. The predicted octanol–water partition coefficient (Wildman–Crippen LogP) is 4.21. The van der Waals surface area contributed by atoms with E-state index in [0.29, 0.717) is 13.1 Å². The van der Waals surface area contributed by atoms with Crippen LogP contribution in [0, 0.1) is 5.82 Å². The molecular formula is C20H22ClFN2O. The predicted molar refractivity (Wildman–Crippen MR) is 98.2 cm³/mol. The van der Waals surface area contributed by atoms with Crippen molar-refractivity contribution in [1.82, 2.24) is 9.80 Å². The molecule has 5 heteroatoms. The lowest BCUT2D eigenvalue weighted by molar-refractivity contribution is 0.0267. The van der Waals surface area contributed by atoms with Crippen molar-refractivity contribution in [3.63, 3.8) is 0 Å². The molecule has 0 spiro atoms. The summed E-state index contributed by atoms with van der Waals surface area (Å²) in [5.74, 6) is -0.898. The lowest BCUT2D eigenvalue weighted by Crippen LogP contribution is -2.57. The van der Waals surface area contributed by atoms with Gasteiger partial charge < -0.3 is 4.90 Å². The highest BCUT2D eigenvalue weighted by Gasteiger charge is 2.33. The second-order valence-corrected chi connectivity index (χ2v) is 7.07. The molecule has 1 aliphatic heterocycles. The smallest absolute Gasteiger partial charge is 0.258 e. The number of amides is 1. The van der Waals surface area contributed by atoms with Crippen LogP contribution in [0.4, 0.5) is 4.39 Å². The largest absolute Gasteiger partial charge is 0.335 e. The van der Waals surface area contributed by atoms with E-state index in [1.165, 1.54) is 17.7 Å². The van der Waals surface area contributed by atoms with Crippen molar-refractivity contribution < 1.29 is 9.18 Å². The Morgan fingerprint density at radius 1 is 1.08 bits per heavy atom. The van der Waals surface area contributed by atoms with Crippen molar-refractivity contribution in [2.75, 3.05) is 13.1 Å². The van der Waals surface area contributed by atoms with Gasteiger partial charge in [0.05, 0.1) is 10.6 Å². The van der Waals surface area contributed by atoms with Crippen molar-refractivity contribution in [3.05, 3.63) is 70.5 Å². The quantitative estimate of drug-likeness (QED) is 0.818. The van der Waals surface area contributed by atoms with Gasteiger partial charge in [-0.1, -0.05) is 48.0 Å². The maximum Gasteiger partial charge on any atom is 0.258 e. The van der Waals surface area contributed by atoms with Gasteiger partial charge in [0.25, 0.3) is 5.91 Å². The lowest BCUT2D eigenvalue weighted by atomic mass is 10.0. The second kappa shape index (κ2) is 7.54. The number of hydrogen-bond donors (Lipinski definition) is 0. The van der Waals surface area contributed by atoms with Gasteiger partial charge in [-0.15, -0.1) is 0 Å². The Hall–Kier alpha value is -1.91. The Balaban J connectivity index is 1.74. The Labute approximate surface area is 153 Å². The maximum absolute atomic E-state index is 14.1. The molecule has 0 saturated carbocycles. The van der Waals surface area contributed by atoms with E-state index in [9.17, 15) is 9.18 Å². The number of benzene rings is 2. The van der Waals surface area contributed by atoms with Crippen molar-refractivity contribution in [3.8, 4) is 0 Å². The minimum atomic E-state index is -0.565. The van der Waals surface area contributed by atoms with E-state index >= 15 is 0 Å². The van der Waals surface area contributed by atoms with E-state index in [1.807, 2.05) is 18.2 Å². The first-order valence-electron chi connectivity index (χ1n) is 8.50. The first-order chi connectivity index (χ1) is 12.0. The number of halogens is 2. The Kier molecular flexibility index (Phi) is 5.40. The number of nitrogens with zero attached hydrogens (tertiary/aromatic N) is 2. The second-order valence-electron chi connectivity index (χ2n) is 6.66. The molecule has 1 heterocycles. The highest BCUT2D eigenvalue weighted by Crippen LogP contribution is 2.25. The molecule has 1 saturated heterocycles. The third-order valence-electron chi connectivity index (χ3n) is 4.77. The van der Waals surface area contributed by atoms with E-state index in [0.717, 1.165) is 6.54 Å². The van der Waals surface area contributed by atoms with E-state index in [-0.39, 0.29) is 28.6 Å². The van der Waals surface area contributed by atoms with Gasteiger partial charge in [-0.05, 0) is 31.5 Å². The zero-order valence-electron chi connectivity index (χ0n) is 14.5. The summed E-state index contributed by atoms with van der Waals surface area (Å²) in [4.78, 5) is 16.9. The van der Waals surface area contributed by atoms with Crippen LogP contribution in [0.5, 0.6) is 0 Å². The van der Waals surface area contributed by atoms with E-state index in [4.69, 9.17) is 11.6 Å². The number of carbonyl (C=O) groups excluding carboxylic acids is 1. The SMILES string of the molecule is CC1CN(C(=O)c2c(F)cccc2Cl)CC(C)N1Cc1ccccc1. The summed E-state index contributed by atoms with van der Waals surface area (Å²) >= 11 is 6.05. The molecule has 2 aromatic rings. The van der Waals surface area contributed by atoms with E-state index in [1.54, 1.807) is 11.0 Å². The van der Waals surface area contributed by atoms with Crippen LogP contribution in [0.15, 0.2) is 48.5 Å². The number of rotatable bonds is 3. The molecule has 0 bridgehead atoms. The molecule has 1 amide bonds. The lowest BCUT2D eigenvalue weighted by Gasteiger charge is -2.44. The molecule has 0 radical (unpaired) electrons. The van der Waals surface area contributed by atoms with Gasteiger partial charge in [0.15, 0.2) is 0 Å². The van der Waals surface area contributed by atoms with Gasteiger partial charge in [0, 0.05) is 31.7 Å². The standard InChI is InChI=1S/C20H22ClFN2O/c1-14-11-23(20(25)19-17(21)9-6-10-18(19)22)12-15(2)24(14)13-16-7-4-3-5-8-16/h3-10,14-15H,11-13H2,1-2H3. The summed E-state index contributed by atoms with van der Waals surface area (Å²) in [6.07, 6.45) is 0. The minimum Gasteiger partial charge on any atom is -0.335 e. The maximum atomic E-state index is 14.1. The van der Waals surface area contributed by atoms with Gasteiger partial charge in [-0.2, -0.15) is 0 Å². The first-order valence-corrected chi connectivity index (χ1v) is 8.88. The average Bonchev–Trinajstić information content (AvgIpc) is 2.58. The first kappa shape index (κ1) is 17.9. The monoisotopic (exact) mass is 360 g/mol. The van der Waals surface area contributed by atoms with Crippen LogP contribution in [-0.2, 0) is 6.54 Å². The van der Waals surface area contributed by atoms with Crippen molar-refractivity contribution in [2.45, 2.75) is 32.5 Å². The van der Waals surface area contributed by atoms with Crippen LogP contribution in [0.1, 0.15) is 29.8 Å². The molecule has 1 aliphatic rings. The molecular weight excluding hydrogens is 339 g/mol. The van der Waals surface area contributed by atoms with E-state index < -0.39 is 5.82 Å². The molecule has 2 aromatic carbocycles. The van der Waals surface area contributed by atoms with Gasteiger partial charge >= 0.3 is 0 Å². The molecule has 0 N–H and O–H groups in total. The Morgan fingerprint density at radius 3 is 2.32 bits per heavy atom. The molecule has 0 aliphatic carbocycles. The summed E-state index contributed by atoms with van der Waals surface area (Å²) in [6.45, 7) is 6.15. The topological polar surface area (TPSA) is 23.6 Å². The van der Waals surface area contributed by atoms with Gasteiger partial charge in [0.1, 0.15) is 5.82 Å². The van der Waals surface area contributed by atoms with Gasteiger partial charge in [-0.3, -0.25) is 9.69 Å². The van der Waals surface area contributed by atoms with Crippen LogP contribution < -0.4 is 0 Å². The molecule has 3 nitrogen and oxygen atoms in total. The molecule has 3 rings (SSSR count). The van der Waals surface area contributed by atoms with Crippen LogP contribution in [-0.4, -0.2) is 40.9 Å². The number of carbonyl (C=O) groups is 1. The fourth-order valence-electron chi connectivity index (χ4n) is 3.49. The average molecular weight is 361 g/mol. The minimum absolute atomic E-state index is 0.0277. The number of hydrogen-bond acceptors (Lipinski definition) is 2. The van der Waals surface area contributed by atoms with Crippen LogP contribution in [0.3, 0.4) is 0 Å². The third kappa shape index (κ3) is 3.86. The Bertz CT molecular complexity index is 720. The summed E-state index contributed by atoms with van der Waals surface area (Å²) < 4.78 is 14.1. The van der Waals surface area contributed by atoms with E-state index in [2.05, 4.69) is 30.9 Å². The highest BCUT2D eigenvalue weighted by atomic mass is 35.5. The zero-order valence-corrected chi connectivity index (χ0v) is 15.2. The van der Waals surface area contributed by atoms with Crippen LogP contribution >= 0.6 is 11.6 Å². The van der Waals surface area contributed by atoms with Crippen molar-refractivity contribution in [1.29, 1.82) is 0 Å². The summed E-state index contributed by atoms with van der Waals surface area (Å²) in [6, 6.07) is 15.0. The molecule has 0 aromatic heterocycles. The molecule has 2 unspecified atom stereocenters. The fourth-order valence-corrected chi connectivity index (χ4v) is 3.73. The van der Waals surface area contributed by atoms with Crippen LogP contribution in [0.25, 0.3) is 0 Å². The highest BCUT2D eigenvalue weighted by molar-refractivity contribution is 6.33. The summed E-state index contributed by atoms with van der Waals surface area (Å²) in [7, 11) is 0. The molecule has 1 fully saturated rings. The van der Waals surface area contributed by atoms with Crippen molar-refractivity contribution in [2.24, 2.45) is 0 Å². The normalized spacial score (nSPS) is 21.4.